The SMILES string of the molecule is O=C(NN(Cc1ccc(-c2cccc(Cl)c2)cc1)C[C@@H](O)C(=O)O)c1cc(=O)[nH]o1.O=C(NN(Cc1ccc(-c2cccc(Cl)c2)cc1)C[C@@H](O)C(=O)OCC(F)(F)C(F)(F)F)c1cc(=O)[nH]o1. The normalized spacial score (nSPS) is 12.5. The van der Waals surface area contributed by atoms with Crippen molar-refractivity contribution in [2.24, 2.45) is 0 Å². The highest BCUT2D eigenvalue weighted by Crippen LogP contribution is 2.35. The molecule has 4 aromatic carbocycles. The molecule has 0 aliphatic carbocycles. The summed E-state index contributed by atoms with van der Waals surface area (Å²) in [6, 6.07) is 30.2. The van der Waals surface area contributed by atoms with Gasteiger partial charge in [0.2, 0.25) is 11.5 Å². The predicted molar refractivity (Wildman–Crippen MR) is 230 cm³/mol. The lowest BCUT2D eigenvalue weighted by atomic mass is 10.0. The van der Waals surface area contributed by atoms with Gasteiger partial charge >= 0.3 is 35.9 Å². The minimum absolute atomic E-state index is 0.0978. The standard InChI is InChI=1S/C23H19ClF5N3O6.C20H18ClN3O6/c24-16-3-1-2-15(8-16)14-6-4-13(5-7-14)10-32(30-20(35)18-9-19(34)31-38-18)11-17(33)21(36)37-12-22(25,26)23(27,28)29;21-15-3-1-2-14(8-15)13-6-4-12(5-7-13)10-24(11-16(25)20(28)29)22-19(27)17-9-18(26)23-30-17/h1-9,17,33H,10-12H2,(H,30,35)(H,31,34);1-9,16,25H,10-11H2,(H,22,27)(H,23,26)(H,28,29)/t17-;16-/m11/s1. The van der Waals surface area contributed by atoms with Crippen LogP contribution in [0.3, 0.4) is 0 Å². The first-order chi connectivity index (χ1) is 32.1. The fourth-order valence-electron chi connectivity index (χ4n) is 5.78. The van der Waals surface area contributed by atoms with Crippen molar-refractivity contribution in [1.82, 2.24) is 31.2 Å². The second-order valence-electron chi connectivity index (χ2n) is 14.4. The van der Waals surface area contributed by atoms with E-state index < -0.39 is 78.1 Å². The van der Waals surface area contributed by atoms with E-state index in [1.807, 2.05) is 46.7 Å². The number of aliphatic hydroxyl groups is 2. The van der Waals surface area contributed by atoms with Crippen molar-refractivity contribution in [3.05, 3.63) is 163 Å². The summed E-state index contributed by atoms with van der Waals surface area (Å²) in [5.41, 5.74) is 8.10. The van der Waals surface area contributed by atoms with Gasteiger partial charge in [0, 0.05) is 23.1 Å². The number of nitrogens with zero attached hydrogens (tertiary/aromatic N) is 2. The Balaban J connectivity index is 0.000000261. The molecule has 7 N–H and O–H groups in total. The topological polar surface area (TPSA) is 261 Å². The second-order valence-corrected chi connectivity index (χ2v) is 15.3. The fourth-order valence-corrected chi connectivity index (χ4v) is 6.16. The number of aliphatic carboxylic acids is 1. The Hall–Kier alpha value is -7.15. The van der Waals surface area contributed by atoms with Crippen molar-refractivity contribution in [2.75, 3.05) is 19.7 Å². The molecule has 0 bridgehead atoms. The predicted octanol–water partition coefficient (Wildman–Crippen LogP) is 5.42. The first-order valence-electron chi connectivity index (χ1n) is 19.5. The minimum Gasteiger partial charge on any atom is -0.479 e. The molecule has 25 heteroatoms. The highest BCUT2D eigenvalue weighted by atomic mass is 35.5. The number of ether oxygens (including phenoxy) is 1. The van der Waals surface area contributed by atoms with E-state index in [2.05, 4.69) is 20.1 Å². The van der Waals surface area contributed by atoms with E-state index in [4.69, 9.17) is 32.8 Å². The molecule has 18 nitrogen and oxygen atoms in total. The van der Waals surface area contributed by atoms with E-state index >= 15 is 0 Å². The third-order valence-electron chi connectivity index (χ3n) is 9.14. The summed E-state index contributed by atoms with van der Waals surface area (Å²) in [6.07, 6.45) is -9.92. The van der Waals surface area contributed by atoms with Gasteiger partial charge in [0.25, 0.3) is 11.1 Å². The third kappa shape index (κ3) is 15.2. The van der Waals surface area contributed by atoms with Crippen molar-refractivity contribution in [1.29, 1.82) is 0 Å². The molecule has 0 unspecified atom stereocenters. The average molecular weight is 996 g/mol. The van der Waals surface area contributed by atoms with Gasteiger partial charge in [-0.15, -0.1) is 0 Å². The van der Waals surface area contributed by atoms with Crippen LogP contribution in [0.5, 0.6) is 0 Å². The van der Waals surface area contributed by atoms with Crippen LogP contribution in [0.15, 0.2) is 128 Å². The van der Waals surface area contributed by atoms with Crippen LogP contribution < -0.4 is 22.0 Å². The molecule has 68 heavy (non-hydrogen) atoms. The summed E-state index contributed by atoms with van der Waals surface area (Å²) in [5, 5.41) is 36.0. The molecule has 0 aliphatic rings. The number of H-pyrrole nitrogens is 2. The number of aromatic nitrogens is 2. The zero-order chi connectivity index (χ0) is 49.8. The summed E-state index contributed by atoms with van der Waals surface area (Å²) in [7, 11) is 0. The molecule has 6 rings (SSSR count). The molecule has 2 aromatic heterocycles. The molecule has 0 radical (unpaired) electrons. The van der Waals surface area contributed by atoms with Gasteiger partial charge in [-0.3, -0.25) is 30.0 Å². The Morgan fingerprint density at radius 3 is 1.40 bits per heavy atom. The number of carboxylic acids is 1. The number of rotatable bonds is 18. The highest BCUT2D eigenvalue weighted by molar-refractivity contribution is 6.31. The molecule has 6 aromatic rings. The number of carbonyl (C=O) groups excluding carboxylic acids is 3. The number of carboxylic acid groups (broad SMARTS) is 1. The molecule has 0 spiro atoms. The maximum Gasteiger partial charge on any atom is 0.456 e. The number of hydrazine groups is 2. The number of carbonyl (C=O) groups is 4. The van der Waals surface area contributed by atoms with Crippen LogP contribution in [0, 0.1) is 0 Å². The second kappa shape index (κ2) is 23.0. The minimum atomic E-state index is -5.96. The van der Waals surface area contributed by atoms with Crippen molar-refractivity contribution in [3.8, 4) is 22.3 Å². The van der Waals surface area contributed by atoms with Crippen LogP contribution >= 0.6 is 23.2 Å². The van der Waals surface area contributed by atoms with Gasteiger partial charge in [-0.05, 0) is 57.6 Å². The molecule has 0 fully saturated rings. The van der Waals surface area contributed by atoms with Crippen molar-refractivity contribution in [3.63, 3.8) is 0 Å². The smallest absolute Gasteiger partial charge is 0.456 e. The largest absolute Gasteiger partial charge is 0.479 e. The molecule has 0 saturated carbocycles. The summed E-state index contributed by atoms with van der Waals surface area (Å²) in [5.74, 6) is -11.0. The number of aromatic amines is 2. The zero-order valence-corrected chi connectivity index (χ0v) is 36.2. The van der Waals surface area contributed by atoms with Crippen LogP contribution in [0.2, 0.25) is 10.0 Å². The number of alkyl halides is 5. The lowest BCUT2D eigenvalue weighted by Crippen LogP contribution is -2.48. The average Bonchev–Trinajstić information content (AvgIpc) is 3.94. The van der Waals surface area contributed by atoms with Gasteiger partial charge in [-0.25, -0.2) is 19.6 Å². The fraction of sp³-hybridized carbons (Fsp3) is 0.209. The lowest BCUT2D eigenvalue weighted by Gasteiger charge is -2.25. The van der Waals surface area contributed by atoms with Gasteiger partial charge < -0.3 is 29.1 Å². The van der Waals surface area contributed by atoms with E-state index in [-0.39, 0.29) is 25.4 Å². The highest BCUT2D eigenvalue weighted by Gasteiger charge is 2.58. The molecular weight excluding hydrogens is 958 g/mol. The first kappa shape index (κ1) is 51.8. The number of hydrogen-bond donors (Lipinski definition) is 7. The Bertz CT molecular complexity index is 2800. The van der Waals surface area contributed by atoms with E-state index in [0.717, 1.165) is 45.0 Å². The zero-order valence-electron chi connectivity index (χ0n) is 34.6. The summed E-state index contributed by atoms with van der Waals surface area (Å²) < 4.78 is 76.4. The van der Waals surface area contributed by atoms with E-state index in [1.165, 1.54) is 5.01 Å². The Kier molecular flexibility index (Phi) is 17.6. The summed E-state index contributed by atoms with van der Waals surface area (Å²) in [4.78, 5) is 69.9. The molecule has 2 amide bonds. The van der Waals surface area contributed by atoms with E-state index in [0.29, 0.717) is 15.6 Å². The van der Waals surface area contributed by atoms with Gasteiger partial charge in [0.15, 0.2) is 18.8 Å². The number of nitrogens with one attached hydrogen (secondary N) is 4. The van der Waals surface area contributed by atoms with Crippen LogP contribution in [-0.2, 0) is 27.4 Å². The van der Waals surface area contributed by atoms with Crippen molar-refractivity contribution < 1.29 is 70.2 Å². The Labute approximate surface area is 389 Å². The third-order valence-corrected chi connectivity index (χ3v) is 9.61. The molecule has 0 aliphatic heterocycles. The summed E-state index contributed by atoms with van der Waals surface area (Å²) >= 11 is 12.0. The molecule has 0 saturated heterocycles. The lowest BCUT2D eigenvalue weighted by molar-refractivity contribution is -0.294. The van der Waals surface area contributed by atoms with Crippen LogP contribution in [0.1, 0.15) is 32.2 Å². The number of amides is 2. The monoisotopic (exact) mass is 994 g/mol. The first-order valence-corrected chi connectivity index (χ1v) is 20.2. The number of hydrogen-bond acceptors (Lipinski definition) is 13. The maximum atomic E-state index is 13.0. The van der Waals surface area contributed by atoms with Crippen LogP contribution in [0.25, 0.3) is 22.3 Å². The van der Waals surface area contributed by atoms with Gasteiger partial charge in [-0.2, -0.15) is 32.3 Å². The van der Waals surface area contributed by atoms with Crippen LogP contribution in [-0.4, -0.2) is 103 Å². The molecule has 360 valence electrons. The number of halogens is 7. The molecule has 2 heterocycles. The Morgan fingerprint density at radius 1 is 0.632 bits per heavy atom. The van der Waals surface area contributed by atoms with E-state index in [1.54, 1.807) is 60.7 Å². The number of aliphatic hydroxyl groups excluding tert-OH is 2. The number of esters is 1. The quantitative estimate of drug-likeness (QED) is 0.0323. The van der Waals surface area contributed by atoms with E-state index in [9.17, 15) is 60.9 Å². The van der Waals surface area contributed by atoms with Gasteiger partial charge in [0.05, 0.1) is 25.2 Å². The summed E-state index contributed by atoms with van der Waals surface area (Å²) in [6.45, 7) is -3.59. The van der Waals surface area contributed by atoms with Crippen molar-refractivity contribution >= 4 is 47.0 Å². The van der Waals surface area contributed by atoms with Gasteiger partial charge in [0.1, 0.15) is 0 Å². The van der Waals surface area contributed by atoms with Gasteiger partial charge in [-0.1, -0.05) is 96.0 Å². The maximum absolute atomic E-state index is 13.0. The Morgan fingerprint density at radius 2 is 1.04 bits per heavy atom. The number of benzene rings is 4. The molecule has 2 atom stereocenters. The molecular formula is C43H37Cl2F5N6O12. The van der Waals surface area contributed by atoms with Crippen LogP contribution in [0.4, 0.5) is 22.0 Å². The van der Waals surface area contributed by atoms with Crippen molar-refractivity contribution in [2.45, 2.75) is 37.4 Å².